The van der Waals surface area contributed by atoms with Crippen LogP contribution in [-0.2, 0) is 0 Å². The van der Waals surface area contributed by atoms with Crippen LogP contribution in [0.2, 0.25) is 0 Å². The van der Waals surface area contributed by atoms with Gasteiger partial charge in [-0.15, -0.1) is 0 Å². The Labute approximate surface area is 160 Å². The molecule has 27 heavy (non-hydrogen) atoms. The van der Waals surface area contributed by atoms with Crippen LogP contribution in [0, 0.1) is 0 Å². The zero-order valence-electron chi connectivity index (χ0n) is 15.6. The van der Waals surface area contributed by atoms with Crippen molar-refractivity contribution >= 4 is 17.3 Å². The Morgan fingerprint density at radius 2 is 1.70 bits per heavy atom. The molecule has 1 aliphatic heterocycles. The Morgan fingerprint density at radius 3 is 2.37 bits per heavy atom. The predicted octanol–water partition coefficient (Wildman–Crippen LogP) is 5.03. The maximum absolute atomic E-state index is 12.5. The number of carbonyl (C=O) groups is 1. The van der Waals surface area contributed by atoms with Gasteiger partial charge in [-0.25, -0.2) is 0 Å². The molecule has 1 amide bonds. The number of anilines is 2. The Kier molecular flexibility index (Phi) is 5.42. The molecule has 4 nitrogen and oxygen atoms in total. The van der Waals surface area contributed by atoms with Crippen LogP contribution >= 0.6 is 0 Å². The van der Waals surface area contributed by atoms with Gasteiger partial charge in [-0.3, -0.25) is 4.79 Å². The largest absolute Gasteiger partial charge is 0.486 e. The number of allylic oxidation sites excluding steroid dienone is 1. The third kappa shape index (κ3) is 4.51. The summed E-state index contributed by atoms with van der Waals surface area (Å²) < 4.78 is 5.95. The smallest absolute Gasteiger partial charge is 0.255 e. The predicted molar refractivity (Wildman–Crippen MR) is 110 cm³/mol. The highest BCUT2D eigenvalue weighted by Gasteiger charge is 2.13. The molecular formula is C23H26N2O2. The highest BCUT2D eigenvalue weighted by molar-refractivity contribution is 6.04. The summed E-state index contributed by atoms with van der Waals surface area (Å²) >= 11 is 0. The summed E-state index contributed by atoms with van der Waals surface area (Å²) in [7, 11) is 0. The van der Waals surface area contributed by atoms with E-state index in [9.17, 15) is 4.79 Å². The van der Waals surface area contributed by atoms with Gasteiger partial charge in [0.25, 0.3) is 5.91 Å². The molecule has 140 valence electrons. The van der Waals surface area contributed by atoms with Crippen LogP contribution in [-0.4, -0.2) is 25.1 Å². The quantitative estimate of drug-likeness (QED) is 0.759. The molecule has 1 atom stereocenters. The van der Waals surface area contributed by atoms with Crippen molar-refractivity contribution in [1.29, 1.82) is 0 Å². The summed E-state index contributed by atoms with van der Waals surface area (Å²) in [5.41, 5.74) is 2.67. The Balaban J connectivity index is 1.34. The van der Waals surface area contributed by atoms with Gasteiger partial charge in [-0.1, -0.05) is 6.08 Å². The zero-order valence-corrected chi connectivity index (χ0v) is 15.6. The maximum Gasteiger partial charge on any atom is 0.255 e. The van der Waals surface area contributed by atoms with Crippen molar-refractivity contribution in [2.24, 2.45) is 0 Å². The first-order valence-electron chi connectivity index (χ1n) is 9.88. The number of carbonyl (C=O) groups excluding carboxylic acids is 1. The summed E-state index contributed by atoms with van der Waals surface area (Å²) in [5.74, 6) is 0.700. The first-order valence-corrected chi connectivity index (χ1v) is 9.88. The van der Waals surface area contributed by atoms with Crippen LogP contribution in [0.3, 0.4) is 0 Å². The minimum atomic E-state index is -0.104. The van der Waals surface area contributed by atoms with Gasteiger partial charge >= 0.3 is 0 Å². The number of nitrogens with one attached hydrogen (secondary N) is 1. The lowest BCUT2D eigenvalue weighted by atomic mass is 10.1. The fourth-order valence-electron chi connectivity index (χ4n) is 3.67. The third-order valence-electron chi connectivity index (χ3n) is 5.21. The standard InChI is InChI=1S/C23H26N2O2/c26-23(24-19-10-12-20(13-11-19)25-16-4-5-17-25)18-8-14-22(15-9-18)27-21-6-2-1-3-7-21/h2,6,8-15,21H,1,3-5,7,16-17H2,(H,24,26). The monoisotopic (exact) mass is 362 g/mol. The highest BCUT2D eigenvalue weighted by Crippen LogP contribution is 2.23. The molecule has 0 aromatic heterocycles. The molecule has 1 fully saturated rings. The minimum absolute atomic E-state index is 0.104. The van der Waals surface area contributed by atoms with Crippen molar-refractivity contribution in [3.05, 3.63) is 66.2 Å². The lowest BCUT2D eigenvalue weighted by Gasteiger charge is -2.18. The van der Waals surface area contributed by atoms with E-state index >= 15 is 0 Å². The van der Waals surface area contributed by atoms with E-state index in [1.807, 2.05) is 36.4 Å². The Bertz CT molecular complexity index is 790. The normalized spacial score (nSPS) is 19.1. The van der Waals surface area contributed by atoms with Crippen LogP contribution in [0.4, 0.5) is 11.4 Å². The molecule has 4 heteroatoms. The van der Waals surface area contributed by atoms with Crippen molar-refractivity contribution < 1.29 is 9.53 Å². The van der Waals surface area contributed by atoms with Gasteiger partial charge < -0.3 is 15.0 Å². The molecule has 0 spiro atoms. The average molecular weight is 362 g/mol. The molecule has 1 heterocycles. The zero-order chi connectivity index (χ0) is 18.5. The number of hydrogen-bond acceptors (Lipinski definition) is 3. The van der Waals surface area contributed by atoms with E-state index in [0.29, 0.717) is 5.56 Å². The molecule has 2 aliphatic rings. The van der Waals surface area contributed by atoms with E-state index in [1.54, 1.807) is 0 Å². The van der Waals surface area contributed by atoms with Crippen molar-refractivity contribution in [3.8, 4) is 5.75 Å². The van der Waals surface area contributed by atoms with Crippen molar-refractivity contribution in [2.45, 2.75) is 38.2 Å². The number of benzene rings is 2. The van der Waals surface area contributed by atoms with Gasteiger partial charge in [0.15, 0.2) is 0 Å². The van der Waals surface area contributed by atoms with Crippen LogP contribution < -0.4 is 15.0 Å². The lowest BCUT2D eigenvalue weighted by Crippen LogP contribution is -2.17. The minimum Gasteiger partial charge on any atom is -0.486 e. The molecule has 1 aliphatic carbocycles. The second kappa shape index (κ2) is 8.30. The van der Waals surface area contributed by atoms with E-state index in [4.69, 9.17) is 4.74 Å². The molecule has 1 unspecified atom stereocenters. The molecule has 0 saturated carbocycles. The average Bonchev–Trinajstić information content (AvgIpc) is 3.25. The van der Waals surface area contributed by atoms with Gasteiger partial charge in [0.1, 0.15) is 11.9 Å². The van der Waals surface area contributed by atoms with Crippen molar-refractivity contribution in [2.75, 3.05) is 23.3 Å². The summed E-state index contributed by atoms with van der Waals surface area (Å²) in [6.45, 7) is 2.24. The number of nitrogens with zero attached hydrogens (tertiary/aromatic N) is 1. The number of hydrogen-bond donors (Lipinski definition) is 1. The van der Waals surface area contributed by atoms with Crippen LogP contribution in [0.5, 0.6) is 5.75 Å². The fourth-order valence-corrected chi connectivity index (χ4v) is 3.67. The molecule has 0 radical (unpaired) electrons. The number of rotatable bonds is 5. The van der Waals surface area contributed by atoms with Gasteiger partial charge in [0.2, 0.25) is 0 Å². The topological polar surface area (TPSA) is 41.6 Å². The Hall–Kier alpha value is -2.75. The van der Waals surface area contributed by atoms with Gasteiger partial charge in [0, 0.05) is 30.0 Å². The second-order valence-corrected chi connectivity index (χ2v) is 7.23. The van der Waals surface area contributed by atoms with Gasteiger partial charge in [-0.05, 0) is 86.7 Å². The van der Waals surface area contributed by atoms with Gasteiger partial charge in [0.05, 0.1) is 0 Å². The summed E-state index contributed by atoms with van der Waals surface area (Å²) in [6, 6.07) is 15.5. The molecule has 4 rings (SSSR count). The van der Waals surface area contributed by atoms with E-state index < -0.39 is 0 Å². The molecular weight excluding hydrogens is 336 g/mol. The summed E-state index contributed by atoms with van der Waals surface area (Å²) in [4.78, 5) is 14.9. The van der Waals surface area contributed by atoms with Crippen LogP contribution in [0.25, 0.3) is 0 Å². The molecule has 2 aromatic carbocycles. The fraction of sp³-hybridized carbons (Fsp3) is 0.348. The third-order valence-corrected chi connectivity index (χ3v) is 5.21. The van der Waals surface area contributed by atoms with E-state index in [0.717, 1.165) is 43.8 Å². The van der Waals surface area contributed by atoms with Crippen LogP contribution in [0.15, 0.2) is 60.7 Å². The highest BCUT2D eigenvalue weighted by atomic mass is 16.5. The number of ether oxygens (including phenoxy) is 1. The Morgan fingerprint density at radius 1 is 0.963 bits per heavy atom. The maximum atomic E-state index is 12.5. The molecule has 1 saturated heterocycles. The first kappa shape index (κ1) is 17.7. The second-order valence-electron chi connectivity index (χ2n) is 7.23. The summed E-state index contributed by atoms with van der Waals surface area (Å²) in [6.07, 6.45) is 10.3. The van der Waals surface area contributed by atoms with E-state index in [1.165, 1.54) is 18.5 Å². The first-order chi connectivity index (χ1) is 13.3. The lowest BCUT2D eigenvalue weighted by molar-refractivity contribution is 0.102. The van der Waals surface area contributed by atoms with Crippen molar-refractivity contribution in [1.82, 2.24) is 0 Å². The number of amides is 1. The summed E-state index contributed by atoms with van der Waals surface area (Å²) in [5, 5.41) is 2.97. The SMILES string of the molecule is O=C(Nc1ccc(N2CCCC2)cc1)c1ccc(OC2C=CCCC2)cc1. The molecule has 2 aromatic rings. The van der Waals surface area contributed by atoms with E-state index in [2.05, 4.69) is 34.5 Å². The van der Waals surface area contributed by atoms with Crippen molar-refractivity contribution in [3.63, 3.8) is 0 Å². The van der Waals surface area contributed by atoms with Gasteiger partial charge in [-0.2, -0.15) is 0 Å². The molecule has 0 bridgehead atoms. The van der Waals surface area contributed by atoms with Crippen LogP contribution in [0.1, 0.15) is 42.5 Å². The molecule has 1 N–H and O–H groups in total. The van der Waals surface area contributed by atoms with E-state index in [-0.39, 0.29) is 12.0 Å².